The monoisotopic (exact) mass is 654 g/mol. The van der Waals surface area contributed by atoms with E-state index in [-0.39, 0.29) is 0 Å². The molecular formula is C40H22N4S3. The standard InChI is InChI=1S/C40H22N4S3/c1-2-10-23(11-3-1)37-42-38(26-13-8-18-33-35(26)25-12-4-6-16-30(25)45-33)44-39(43-37)27-14-9-19-34-36(27)28-22-24(20-21-31(28)46-34)40-41-29-15-5-7-17-32(29)47-40/h1-22H. The first-order valence-corrected chi connectivity index (χ1v) is 17.8. The normalized spacial score (nSPS) is 11.8. The van der Waals surface area contributed by atoms with Crippen molar-refractivity contribution < 1.29 is 0 Å². The Bertz CT molecular complexity index is 2780. The van der Waals surface area contributed by atoms with E-state index in [1.807, 2.05) is 24.3 Å². The summed E-state index contributed by atoms with van der Waals surface area (Å²) in [6.45, 7) is 0. The highest BCUT2D eigenvalue weighted by Gasteiger charge is 2.20. The summed E-state index contributed by atoms with van der Waals surface area (Å²) in [6, 6.07) is 46.7. The number of benzene rings is 6. The molecule has 4 heterocycles. The molecule has 47 heavy (non-hydrogen) atoms. The zero-order valence-corrected chi connectivity index (χ0v) is 27.2. The average molecular weight is 655 g/mol. The van der Waals surface area contributed by atoms with Crippen LogP contribution in [0.1, 0.15) is 0 Å². The fourth-order valence-electron chi connectivity index (χ4n) is 6.44. The van der Waals surface area contributed by atoms with Crippen molar-refractivity contribution >= 4 is 84.6 Å². The zero-order chi connectivity index (χ0) is 30.9. The van der Waals surface area contributed by atoms with Gasteiger partial charge < -0.3 is 0 Å². The van der Waals surface area contributed by atoms with Crippen molar-refractivity contribution in [3.63, 3.8) is 0 Å². The maximum absolute atomic E-state index is 5.26. The molecule has 0 amide bonds. The lowest BCUT2D eigenvalue weighted by atomic mass is 10.0. The van der Waals surface area contributed by atoms with Crippen LogP contribution in [0.15, 0.2) is 133 Å². The molecule has 0 aliphatic carbocycles. The molecule has 0 aliphatic heterocycles. The third kappa shape index (κ3) is 4.39. The lowest BCUT2D eigenvalue weighted by Crippen LogP contribution is -2.00. The molecule has 0 saturated heterocycles. The summed E-state index contributed by atoms with van der Waals surface area (Å²) in [6.07, 6.45) is 0. The molecule has 0 atom stereocenters. The Morgan fingerprint density at radius 2 is 0.957 bits per heavy atom. The lowest BCUT2D eigenvalue weighted by molar-refractivity contribution is 1.08. The molecule has 6 aromatic carbocycles. The minimum absolute atomic E-state index is 0.661. The van der Waals surface area contributed by atoms with Gasteiger partial charge in [0.2, 0.25) is 0 Å². The maximum atomic E-state index is 5.26. The number of thiazole rings is 1. The molecule has 0 N–H and O–H groups in total. The van der Waals surface area contributed by atoms with Crippen molar-refractivity contribution in [2.45, 2.75) is 0 Å². The van der Waals surface area contributed by atoms with Crippen molar-refractivity contribution in [3.05, 3.63) is 133 Å². The van der Waals surface area contributed by atoms with Crippen LogP contribution in [0.5, 0.6) is 0 Å². The third-order valence-electron chi connectivity index (χ3n) is 8.59. The van der Waals surface area contributed by atoms with Crippen LogP contribution in [0.3, 0.4) is 0 Å². The summed E-state index contributed by atoms with van der Waals surface area (Å²) in [4.78, 5) is 20.5. The molecular weight excluding hydrogens is 633 g/mol. The van der Waals surface area contributed by atoms with Gasteiger partial charge in [0.05, 0.1) is 10.2 Å². The summed E-state index contributed by atoms with van der Waals surface area (Å²) < 4.78 is 6.10. The molecule has 0 bridgehead atoms. The smallest absolute Gasteiger partial charge is 0.164 e. The molecule has 0 spiro atoms. The van der Waals surface area contributed by atoms with E-state index in [0.29, 0.717) is 17.5 Å². The molecule has 4 aromatic heterocycles. The van der Waals surface area contributed by atoms with Gasteiger partial charge in [-0.2, -0.15) is 0 Å². The van der Waals surface area contributed by atoms with E-state index in [1.54, 1.807) is 34.0 Å². The Morgan fingerprint density at radius 3 is 1.70 bits per heavy atom. The van der Waals surface area contributed by atoms with Crippen molar-refractivity contribution in [1.82, 2.24) is 19.9 Å². The van der Waals surface area contributed by atoms with E-state index in [0.717, 1.165) is 38.2 Å². The molecule has 10 rings (SSSR count). The van der Waals surface area contributed by atoms with Crippen molar-refractivity contribution in [1.29, 1.82) is 0 Å². The second-order valence-electron chi connectivity index (χ2n) is 11.4. The maximum Gasteiger partial charge on any atom is 0.164 e. The van der Waals surface area contributed by atoms with Crippen molar-refractivity contribution in [2.75, 3.05) is 0 Å². The second kappa shape index (κ2) is 10.6. The molecule has 10 aromatic rings. The van der Waals surface area contributed by atoms with Gasteiger partial charge in [-0.3, -0.25) is 0 Å². The van der Waals surface area contributed by atoms with E-state index >= 15 is 0 Å². The fraction of sp³-hybridized carbons (Fsp3) is 0. The van der Waals surface area contributed by atoms with Crippen LogP contribution >= 0.6 is 34.0 Å². The van der Waals surface area contributed by atoms with Gasteiger partial charge in [-0.1, -0.05) is 91.0 Å². The second-order valence-corrected chi connectivity index (χ2v) is 14.6. The van der Waals surface area contributed by atoms with Crippen molar-refractivity contribution in [2.24, 2.45) is 0 Å². The molecule has 0 fully saturated rings. The minimum Gasteiger partial charge on any atom is -0.236 e. The minimum atomic E-state index is 0.661. The molecule has 220 valence electrons. The molecule has 7 heteroatoms. The summed E-state index contributed by atoms with van der Waals surface area (Å²) in [5.74, 6) is 2.00. The van der Waals surface area contributed by atoms with Crippen LogP contribution in [0.2, 0.25) is 0 Å². The van der Waals surface area contributed by atoms with Gasteiger partial charge in [0.1, 0.15) is 5.01 Å². The van der Waals surface area contributed by atoms with Gasteiger partial charge in [0.15, 0.2) is 17.5 Å². The highest BCUT2D eigenvalue weighted by Crippen LogP contribution is 2.43. The van der Waals surface area contributed by atoms with Crippen LogP contribution in [0.25, 0.3) is 95.3 Å². The topological polar surface area (TPSA) is 51.6 Å². The number of para-hydroxylation sites is 1. The first-order chi connectivity index (χ1) is 23.3. The number of hydrogen-bond donors (Lipinski definition) is 0. The number of fused-ring (bicyclic) bond motifs is 7. The van der Waals surface area contributed by atoms with E-state index in [1.165, 1.54) is 39.7 Å². The molecule has 4 nitrogen and oxygen atoms in total. The first kappa shape index (κ1) is 26.8. The van der Waals surface area contributed by atoms with E-state index < -0.39 is 0 Å². The van der Waals surface area contributed by atoms with Gasteiger partial charge in [-0.05, 0) is 42.5 Å². The highest BCUT2D eigenvalue weighted by atomic mass is 32.1. The van der Waals surface area contributed by atoms with Gasteiger partial charge in [-0.15, -0.1) is 34.0 Å². The number of rotatable bonds is 4. The summed E-state index contributed by atoms with van der Waals surface area (Å²) in [7, 11) is 0. The predicted octanol–water partition coefficient (Wildman–Crippen LogP) is 11.9. The largest absolute Gasteiger partial charge is 0.236 e. The Labute approximate surface area is 281 Å². The van der Waals surface area contributed by atoms with E-state index in [4.69, 9.17) is 19.9 Å². The molecule has 0 saturated carbocycles. The number of aromatic nitrogens is 4. The van der Waals surface area contributed by atoms with Gasteiger partial charge >= 0.3 is 0 Å². The first-order valence-electron chi connectivity index (χ1n) is 15.3. The summed E-state index contributed by atoms with van der Waals surface area (Å²) in [5.41, 5.74) is 5.12. The van der Waals surface area contributed by atoms with Gasteiger partial charge in [0.25, 0.3) is 0 Å². The highest BCUT2D eigenvalue weighted by molar-refractivity contribution is 7.26. The SMILES string of the molecule is c1ccc(-c2nc(-c3cccc4sc5ccccc5c34)nc(-c3cccc4sc5ccc(-c6nc7ccccc7s6)cc5c34)n2)cc1. The number of hydrogen-bond acceptors (Lipinski definition) is 7. The zero-order valence-electron chi connectivity index (χ0n) is 24.7. The van der Waals surface area contributed by atoms with E-state index in [2.05, 4.69) is 109 Å². The summed E-state index contributed by atoms with van der Waals surface area (Å²) in [5, 5.41) is 5.77. The Morgan fingerprint density at radius 1 is 0.362 bits per heavy atom. The van der Waals surface area contributed by atoms with E-state index in [9.17, 15) is 0 Å². The van der Waals surface area contributed by atoms with Gasteiger partial charge in [-0.25, -0.2) is 19.9 Å². The number of thiophene rings is 2. The van der Waals surface area contributed by atoms with Crippen LogP contribution in [0.4, 0.5) is 0 Å². The number of nitrogens with zero attached hydrogens (tertiary/aromatic N) is 4. The molecule has 0 radical (unpaired) electrons. The van der Waals surface area contributed by atoms with Crippen LogP contribution in [0, 0.1) is 0 Å². The Hall–Kier alpha value is -5.34. The fourth-order valence-corrected chi connectivity index (χ4v) is 9.64. The van der Waals surface area contributed by atoms with Crippen LogP contribution in [-0.4, -0.2) is 19.9 Å². The lowest BCUT2D eigenvalue weighted by Gasteiger charge is -2.10. The molecule has 0 unspecified atom stereocenters. The van der Waals surface area contributed by atoms with Crippen LogP contribution in [-0.2, 0) is 0 Å². The van der Waals surface area contributed by atoms with Gasteiger partial charge in [0, 0.05) is 62.6 Å². The quantitative estimate of drug-likeness (QED) is 0.189. The Kier molecular flexibility index (Phi) is 6.05. The van der Waals surface area contributed by atoms with Crippen LogP contribution < -0.4 is 0 Å². The Balaban J connectivity index is 1.23. The third-order valence-corrected chi connectivity index (χ3v) is 11.9. The van der Waals surface area contributed by atoms with Crippen molar-refractivity contribution in [3.8, 4) is 44.7 Å². The summed E-state index contributed by atoms with van der Waals surface area (Å²) >= 11 is 5.33. The molecule has 0 aliphatic rings. The predicted molar refractivity (Wildman–Crippen MR) is 201 cm³/mol. The average Bonchev–Trinajstić information content (AvgIpc) is 3.84.